The molecule has 0 saturated heterocycles. The molecule has 0 spiro atoms. The van der Waals surface area contributed by atoms with Crippen molar-refractivity contribution < 1.29 is 18.3 Å². The smallest absolute Gasteiger partial charge is 0.389 e. The summed E-state index contributed by atoms with van der Waals surface area (Å²) in [6, 6.07) is 0. The van der Waals surface area contributed by atoms with E-state index >= 15 is 0 Å². The molecule has 1 fully saturated rings. The molecule has 0 heterocycles. The van der Waals surface area contributed by atoms with E-state index in [1.165, 1.54) is 0 Å². The Kier molecular flexibility index (Phi) is 4.17. The molecule has 0 aromatic carbocycles. The molecule has 1 aliphatic carbocycles. The van der Waals surface area contributed by atoms with Crippen molar-refractivity contribution in [3.63, 3.8) is 0 Å². The molecule has 1 nitrogen and oxygen atoms in total. The molecular weight excluding hydrogens is 229 g/mol. The predicted molar refractivity (Wildman–Crippen MR) is 61.7 cm³/mol. The first kappa shape index (κ1) is 14.8. The first-order valence-electron chi connectivity index (χ1n) is 6.34. The highest BCUT2D eigenvalue weighted by atomic mass is 19.4. The van der Waals surface area contributed by atoms with Crippen LogP contribution in [0.2, 0.25) is 0 Å². The first-order chi connectivity index (χ1) is 7.55. The van der Waals surface area contributed by atoms with E-state index in [0.717, 1.165) is 19.3 Å². The van der Waals surface area contributed by atoms with Gasteiger partial charge in [0.1, 0.15) is 0 Å². The van der Waals surface area contributed by atoms with E-state index < -0.39 is 18.2 Å². The van der Waals surface area contributed by atoms with Crippen molar-refractivity contribution in [2.24, 2.45) is 11.3 Å². The molecule has 1 rings (SSSR count). The normalized spacial score (nSPS) is 31.6. The second kappa shape index (κ2) is 4.79. The second-order valence-corrected chi connectivity index (χ2v) is 6.38. The molecule has 1 N–H and O–H groups in total. The summed E-state index contributed by atoms with van der Waals surface area (Å²) >= 11 is 0. The van der Waals surface area contributed by atoms with E-state index in [2.05, 4.69) is 0 Å². The molecule has 2 atom stereocenters. The second-order valence-electron chi connectivity index (χ2n) is 6.38. The van der Waals surface area contributed by atoms with Gasteiger partial charge in [-0.25, -0.2) is 0 Å². The Morgan fingerprint density at radius 2 is 1.76 bits per heavy atom. The van der Waals surface area contributed by atoms with Crippen LogP contribution >= 0.6 is 0 Å². The van der Waals surface area contributed by atoms with Crippen LogP contribution in [0, 0.1) is 11.3 Å². The third-order valence-electron chi connectivity index (χ3n) is 3.89. The first-order valence-corrected chi connectivity index (χ1v) is 6.34. The third-order valence-corrected chi connectivity index (χ3v) is 3.89. The van der Waals surface area contributed by atoms with Gasteiger partial charge in [-0.15, -0.1) is 0 Å². The lowest BCUT2D eigenvalue weighted by Crippen LogP contribution is -2.47. The van der Waals surface area contributed by atoms with Crippen LogP contribution in [0.3, 0.4) is 0 Å². The molecule has 0 aromatic heterocycles. The fraction of sp³-hybridized carbons (Fsp3) is 1.00. The summed E-state index contributed by atoms with van der Waals surface area (Å²) in [6.07, 6.45) is -2.02. The highest BCUT2D eigenvalue weighted by Gasteiger charge is 2.46. The van der Waals surface area contributed by atoms with Gasteiger partial charge < -0.3 is 5.11 Å². The highest BCUT2D eigenvalue weighted by molar-refractivity contribution is 4.95. The Bertz CT molecular complexity index is 254. The van der Waals surface area contributed by atoms with Gasteiger partial charge in [-0.2, -0.15) is 13.2 Å². The molecule has 2 unspecified atom stereocenters. The van der Waals surface area contributed by atoms with Gasteiger partial charge in [0.15, 0.2) is 0 Å². The van der Waals surface area contributed by atoms with Gasteiger partial charge in [-0.05, 0) is 30.6 Å². The maximum absolute atomic E-state index is 12.3. The molecule has 102 valence electrons. The van der Waals surface area contributed by atoms with Crippen molar-refractivity contribution >= 4 is 0 Å². The monoisotopic (exact) mass is 252 g/mol. The molecule has 0 bridgehead atoms. The minimum absolute atomic E-state index is 0.0360. The summed E-state index contributed by atoms with van der Waals surface area (Å²) < 4.78 is 36.9. The van der Waals surface area contributed by atoms with E-state index in [9.17, 15) is 18.3 Å². The summed E-state index contributed by atoms with van der Waals surface area (Å²) in [7, 11) is 0. The fourth-order valence-corrected chi connectivity index (χ4v) is 3.12. The molecule has 0 aromatic rings. The maximum atomic E-state index is 12.3. The average Bonchev–Trinajstić information content (AvgIpc) is 2.13. The van der Waals surface area contributed by atoms with Gasteiger partial charge in [-0.3, -0.25) is 0 Å². The van der Waals surface area contributed by atoms with Crippen LogP contribution in [0.25, 0.3) is 0 Å². The lowest BCUT2D eigenvalue weighted by Gasteiger charge is -2.47. The molecule has 0 amide bonds. The van der Waals surface area contributed by atoms with Crippen molar-refractivity contribution in [3.8, 4) is 0 Å². The van der Waals surface area contributed by atoms with Crippen LogP contribution in [-0.4, -0.2) is 16.9 Å². The average molecular weight is 252 g/mol. The molecule has 0 aliphatic heterocycles. The lowest BCUT2D eigenvalue weighted by atomic mass is 9.62. The minimum atomic E-state index is -4.17. The Morgan fingerprint density at radius 3 is 2.24 bits per heavy atom. The van der Waals surface area contributed by atoms with Gasteiger partial charge in [0.2, 0.25) is 0 Å². The van der Waals surface area contributed by atoms with Gasteiger partial charge in [0, 0.05) is 6.42 Å². The van der Waals surface area contributed by atoms with Crippen molar-refractivity contribution in [2.45, 2.75) is 71.1 Å². The van der Waals surface area contributed by atoms with Crippen LogP contribution in [0.15, 0.2) is 0 Å². The SMILES string of the molecule is CC(C)(C)C1CCCCC1(O)CCC(F)(F)F. The van der Waals surface area contributed by atoms with Crippen LogP contribution < -0.4 is 0 Å². The number of aliphatic hydroxyl groups is 1. The Labute approximate surface area is 101 Å². The summed E-state index contributed by atoms with van der Waals surface area (Å²) in [6.45, 7) is 6.00. The summed E-state index contributed by atoms with van der Waals surface area (Å²) in [5.74, 6) is -0.0360. The van der Waals surface area contributed by atoms with Gasteiger partial charge >= 0.3 is 6.18 Å². The topological polar surface area (TPSA) is 20.2 Å². The summed E-state index contributed by atoms with van der Waals surface area (Å²) in [5, 5.41) is 10.5. The van der Waals surface area contributed by atoms with E-state index in [1.807, 2.05) is 20.8 Å². The maximum Gasteiger partial charge on any atom is 0.389 e. The van der Waals surface area contributed by atoms with Gasteiger partial charge in [0.05, 0.1) is 5.60 Å². The molecule has 1 aliphatic rings. The quantitative estimate of drug-likeness (QED) is 0.777. The van der Waals surface area contributed by atoms with E-state index in [1.54, 1.807) is 0 Å². The lowest BCUT2D eigenvalue weighted by molar-refractivity contribution is -0.163. The van der Waals surface area contributed by atoms with E-state index in [0.29, 0.717) is 6.42 Å². The Morgan fingerprint density at radius 1 is 1.18 bits per heavy atom. The predicted octanol–water partition coefficient (Wildman–Crippen LogP) is 4.30. The minimum Gasteiger partial charge on any atom is -0.390 e. The molecule has 1 saturated carbocycles. The summed E-state index contributed by atoms with van der Waals surface area (Å²) in [5.41, 5.74) is -1.27. The van der Waals surface area contributed by atoms with Crippen LogP contribution in [0.5, 0.6) is 0 Å². The Balaban J connectivity index is 2.75. The fourth-order valence-electron chi connectivity index (χ4n) is 3.12. The summed E-state index contributed by atoms with van der Waals surface area (Å²) in [4.78, 5) is 0. The number of hydrogen-bond donors (Lipinski definition) is 1. The number of hydrogen-bond acceptors (Lipinski definition) is 1. The molecule has 0 radical (unpaired) electrons. The zero-order valence-corrected chi connectivity index (χ0v) is 10.9. The van der Waals surface area contributed by atoms with Crippen LogP contribution in [0.4, 0.5) is 13.2 Å². The third kappa shape index (κ3) is 4.16. The number of alkyl halides is 3. The zero-order chi connectivity index (χ0) is 13.3. The number of halogens is 3. The van der Waals surface area contributed by atoms with Crippen LogP contribution in [-0.2, 0) is 0 Å². The van der Waals surface area contributed by atoms with Crippen molar-refractivity contribution in [3.05, 3.63) is 0 Å². The van der Waals surface area contributed by atoms with Gasteiger partial charge in [0.25, 0.3) is 0 Å². The van der Waals surface area contributed by atoms with Crippen LogP contribution in [0.1, 0.15) is 59.3 Å². The van der Waals surface area contributed by atoms with Crippen molar-refractivity contribution in [1.29, 1.82) is 0 Å². The molecular formula is C13H23F3O. The Hall–Kier alpha value is -0.250. The zero-order valence-electron chi connectivity index (χ0n) is 10.9. The largest absolute Gasteiger partial charge is 0.390 e. The van der Waals surface area contributed by atoms with Crippen molar-refractivity contribution in [1.82, 2.24) is 0 Å². The molecule has 17 heavy (non-hydrogen) atoms. The molecule has 4 heteroatoms. The van der Waals surface area contributed by atoms with E-state index in [-0.39, 0.29) is 17.8 Å². The highest BCUT2D eigenvalue weighted by Crippen LogP contribution is 2.47. The van der Waals surface area contributed by atoms with E-state index in [4.69, 9.17) is 0 Å². The van der Waals surface area contributed by atoms with Gasteiger partial charge in [-0.1, -0.05) is 33.6 Å². The standard InChI is InChI=1S/C13H23F3O/c1-11(2,3)10-6-4-5-7-12(10,17)8-9-13(14,15)16/h10,17H,4-9H2,1-3H3. The number of rotatable bonds is 2. The van der Waals surface area contributed by atoms with Crippen molar-refractivity contribution in [2.75, 3.05) is 0 Å².